The fourth-order valence-electron chi connectivity index (χ4n) is 4.33. The molecule has 0 N–H and O–H groups in total. The first-order chi connectivity index (χ1) is 17.3. The summed E-state index contributed by atoms with van der Waals surface area (Å²) in [6.07, 6.45) is 1.73. The van der Waals surface area contributed by atoms with Gasteiger partial charge in [0.25, 0.3) is 11.5 Å². The lowest BCUT2D eigenvalue weighted by Gasteiger charge is -2.31. The minimum atomic E-state index is -0.498. The van der Waals surface area contributed by atoms with Gasteiger partial charge in [0.15, 0.2) is 0 Å². The van der Waals surface area contributed by atoms with Crippen molar-refractivity contribution in [2.75, 3.05) is 13.7 Å². The van der Waals surface area contributed by atoms with E-state index in [1.165, 1.54) is 0 Å². The van der Waals surface area contributed by atoms with Gasteiger partial charge in [-0.05, 0) is 74.4 Å². The smallest absolute Gasteiger partial charge is 0.266 e. The number of fused-ring (bicyclic) bond motifs is 1. The summed E-state index contributed by atoms with van der Waals surface area (Å²) < 4.78 is 7.22. The minimum absolute atomic E-state index is 0.141. The van der Waals surface area contributed by atoms with Gasteiger partial charge in [0.2, 0.25) is 0 Å². The predicted molar refractivity (Wildman–Crippen MR) is 144 cm³/mol. The topological polar surface area (TPSA) is 64.4 Å². The zero-order valence-corrected chi connectivity index (χ0v) is 21.7. The van der Waals surface area contributed by atoms with Gasteiger partial charge in [-0.25, -0.2) is 4.98 Å². The van der Waals surface area contributed by atoms with E-state index in [0.717, 1.165) is 18.4 Å². The fraction of sp³-hybridized carbons (Fsp3) is 0.276. The lowest BCUT2D eigenvalue weighted by Crippen LogP contribution is -2.38. The Morgan fingerprint density at radius 1 is 1.11 bits per heavy atom. The molecule has 0 aliphatic heterocycles. The van der Waals surface area contributed by atoms with Gasteiger partial charge in [-0.15, -0.1) is 0 Å². The molecule has 7 heteroatoms. The van der Waals surface area contributed by atoms with Gasteiger partial charge in [-0.2, -0.15) is 0 Å². The maximum absolute atomic E-state index is 13.9. The largest absolute Gasteiger partial charge is 0.495 e. The molecule has 0 fully saturated rings. The number of amides is 1. The van der Waals surface area contributed by atoms with Crippen LogP contribution in [-0.4, -0.2) is 34.0 Å². The van der Waals surface area contributed by atoms with Gasteiger partial charge < -0.3 is 9.64 Å². The van der Waals surface area contributed by atoms with Gasteiger partial charge in [0.05, 0.1) is 29.7 Å². The summed E-state index contributed by atoms with van der Waals surface area (Å²) >= 11 is 6.06. The van der Waals surface area contributed by atoms with Crippen molar-refractivity contribution >= 4 is 28.4 Å². The number of rotatable bonds is 8. The van der Waals surface area contributed by atoms with Crippen LogP contribution in [0.15, 0.2) is 71.5 Å². The van der Waals surface area contributed by atoms with E-state index in [1.54, 1.807) is 46.9 Å². The van der Waals surface area contributed by atoms with E-state index >= 15 is 0 Å². The van der Waals surface area contributed by atoms with Crippen LogP contribution in [0.3, 0.4) is 0 Å². The molecule has 0 saturated carbocycles. The van der Waals surface area contributed by atoms with Crippen molar-refractivity contribution in [3.05, 3.63) is 99.1 Å². The third kappa shape index (κ3) is 5.00. The van der Waals surface area contributed by atoms with E-state index in [4.69, 9.17) is 21.3 Å². The van der Waals surface area contributed by atoms with Crippen LogP contribution in [0.25, 0.3) is 16.6 Å². The van der Waals surface area contributed by atoms with Crippen molar-refractivity contribution in [2.45, 2.75) is 39.7 Å². The number of aromatic nitrogens is 2. The van der Waals surface area contributed by atoms with Crippen LogP contribution < -0.4 is 10.3 Å². The van der Waals surface area contributed by atoms with Gasteiger partial charge in [0, 0.05) is 17.1 Å². The van der Waals surface area contributed by atoms with Crippen LogP contribution >= 0.6 is 11.6 Å². The molecule has 4 rings (SSSR count). The normalized spacial score (nSPS) is 11.9. The Labute approximate surface area is 216 Å². The molecule has 6 nitrogen and oxygen atoms in total. The average molecular weight is 504 g/mol. The molecule has 0 spiro atoms. The van der Waals surface area contributed by atoms with Gasteiger partial charge >= 0.3 is 0 Å². The minimum Gasteiger partial charge on any atom is -0.495 e. The molecule has 0 saturated heterocycles. The maximum Gasteiger partial charge on any atom is 0.266 e. The molecule has 4 aromatic rings. The standard InChI is InChI=1S/C29H30ClN3O3/c1-5-6-17-32(28(34)21-12-14-22(30)15-13-21)20(3)27-31-24-10-8-7-9-23(24)29(35)33(27)25-18-19(2)11-16-26(25)36-4/h7-16,18,20H,5-6,17H2,1-4H3. The lowest BCUT2D eigenvalue weighted by molar-refractivity contribution is 0.0678. The van der Waals surface area contributed by atoms with Gasteiger partial charge in [-0.3, -0.25) is 14.2 Å². The first-order valence-electron chi connectivity index (χ1n) is 12.1. The summed E-state index contributed by atoms with van der Waals surface area (Å²) in [5.74, 6) is 0.885. The van der Waals surface area contributed by atoms with Crippen molar-refractivity contribution in [3.8, 4) is 11.4 Å². The number of unbranched alkanes of at least 4 members (excludes halogenated alkanes) is 1. The number of hydrogen-bond acceptors (Lipinski definition) is 4. The van der Waals surface area contributed by atoms with E-state index in [-0.39, 0.29) is 11.5 Å². The molecule has 0 radical (unpaired) electrons. The Kier molecular flexibility index (Phi) is 7.75. The average Bonchev–Trinajstić information content (AvgIpc) is 2.89. The van der Waals surface area contributed by atoms with E-state index < -0.39 is 6.04 Å². The molecule has 1 atom stereocenters. The second-order valence-electron chi connectivity index (χ2n) is 8.84. The number of halogens is 1. The number of carbonyl (C=O) groups excluding carboxylic acids is 1. The SMILES string of the molecule is CCCCN(C(=O)c1ccc(Cl)cc1)C(C)c1nc2ccccc2c(=O)n1-c1cc(C)ccc1OC. The Balaban J connectivity index is 1.95. The van der Waals surface area contributed by atoms with Crippen LogP contribution in [-0.2, 0) is 0 Å². The number of para-hydroxylation sites is 1. The molecule has 0 bridgehead atoms. The predicted octanol–water partition coefficient (Wildman–Crippen LogP) is 6.36. The Morgan fingerprint density at radius 3 is 2.53 bits per heavy atom. The molecular weight excluding hydrogens is 474 g/mol. The monoisotopic (exact) mass is 503 g/mol. The van der Waals surface area contributed by atoms with Crippen LogP contribution in [0, 0.1) is 6.92 Å². The third-order valence-corrected chi connectivity index (χ3v) is 6.57. The summed E-state index contributed by atoms with van der Waals surface area (Å²) in [5.41, 5.74) is 2.48. The highest BCUT2D eigenvalue weighted by atomic mass is 35.5. The molecule has 0 aliphatic rings. The first kappa shape index (κ1) is 25.5. The summed E-state index contributed by atoms with van der Waals surface area (Å²) in [4.78, 5) is 34.3. The maximum atomic E-state index is 13.9. The number of aryl methyl sites for hydroxylation is 1. The van der Waals surface area contributed by atoms with Crippen LogP contribution in [0.5, 0.6) is 5.75 Å². The second kappa shape index (κ2) is 11.0. The lowest BCUT2D eigenvalue weighted by atomic mass is 10.1. The quantitative estimate of drug-likeness (QED) is 0.280. The van der Waals surface area contributed by atoms with E-state index in [0.29, 0.717) is 45.3 Å². The van der Waals surface area contributed by atoms with E-state index in [2.05, 4.69) is 6.92 Å². The zero-order valence-electron chi connectivity index (χ0n) is 21.0. The summed E-state index contributed by atoms with van der Waals surface area (Å²) in [6.45, 7) is 6.48. The van der Waals surface area contributed by atoms with E-state index in [9.17, 15) is 9.59 Å². The highest BCUT2D eigenvalue weighted by Crippen LogP contribution is 2.29. The van der Waals surface area contributed by atoms with Crippen LogP contribution in [0.1, 0.15) is 54.5 Å². The van der Waals surface area contributed by atoms with Crippen LogP contribution in [0.4, 0.5) is 0 Å². The first-order valence-corrected chi connectivity index (χ1v) is 12.5. The Bertz CT molecular complexity index is 1450. The highest BCUT2D eigenvalue weighted by Gasteiger charge is 2.28. The van der Waals surface area contributed by atoms with E-state index in [1.807, 2.05) is 50.2 Å². The summed E-state index contributed by atoms with van der Waals surface area (Å²) in [7, 11) is 1.58. The van der Waals surface area contributed by atoms with Crippen molar-refractivity contribution in [1.82, 2.24) is 14.5 Å². The number of nitrogens with zero attached hydrogens (tertiary/aromatic N) is 3. The summed E-state index contributed by atoms with van der Waals surface area (Å²) in [5, 5.41) is 1.07. The number of ether oxygens (including phenoxy) is 1. The third-order valence-electron chi connectivity index (χ3n) is 6.32. The van der Waals surface area contributed by atoms with Crippen molar-refractivity contribution in [3.63, 3.8) is 0 Å². The van der Waals surface area contributed by atoms with Crippen molar-refractivity contribution in [1.29, 1.82) is 0 Å². The van der Waals surface area contributed by atoms with Gasteiger partial charge in [0.1, 0.15) is 11.6 Å². The molecule has 1 heterocycles. The molecule has 186 valence electrons. The molecule has 1 aromatic heterocycles. The van der Waals surface area contributed by atoms with Crippen LogP contribution in [0.2, 0.25) is 5.02 Å². The van der Waals surface area contributed by atoms with Crippen molar-refractivity contribution in [2.24, 2.45) is 0 Å². The Morgan fingerprint density at radius 2 is 1.83 bits per heavy atom. The second-order valence-corrected chi connectivity index (χ2v) is 9.27. The number of hydrogen-bond donors (Lipinski definition) is 0. The molecule has 36 heavy (non-hydrogen) atoms. The van der Waals surface area contributed by atoms with Gasteiger partial charge in [-0.1, -0.05) is 43.1 Å². The van der Waals surface area contributed by atoms with Crippen molar-refractivity contribution < 1.29 is 9.53 Å². The Hall–Kier alpha value is -3.64. The molecule has 1 unspecified atom stereocenters. The molecule has 1 amide bonds. The molecular formula is C29H30ClN3O3. The number of benzene rings is 3. The molecule has 0 aliphatic carbocycles. The number of methoxy groups -OCH3 is 1. The molecule has 3 aromatic carbocycles. The summed E-state index contributed by atoms with van der Waals surface area (Å²) in [6, 6.07) is 19.3. The number of carbonyl (C=O) groups is 1. The highest BCUT2D eigenvalue weighted by molar-refractivity contribution is 6.30. The zero-order chi connectivity index (χ0) is 25.8. The fourth-order valence-corrected chi connectivity index (χ4v) is 4.46.